The first-order valence-electron chi connectivity index (χ1n) is 7.70. The van der Waals surface area contributed by atoms with Gasteiger partial charge < -0.3 is 4.74 Å². The molecule has 2 amide bonds. The van der Waals surface area contributed by atoms with Crippen LogP contribution in [0.25, 0.3) is 0 Å². The van der Waals surface area contributed by atoms with Gasteiger partial charge in [0.2, 0.25) is 10.0 Å². The monoisotopic (exact) mass is 411 g/mol. The number of para-hydroxylation sites is 1. The molecule has 8 nitrogen and oxygen atoms in total. The summed E-state index contributed by atoms with van der Waals surface area (Å²) in [7, 11) is -1.20. The number of ether oxygens (including phenoxy) is 1. The third-order valence-corrected chi connectivity index (χ3v) is 5.62. The Kier molecular flexibility index (Phi) is 6.78. The molecule has 0 saturated carbocycles. The van der Waals surface area contributed by atoms with E-state index >= 15 is 0 Å². The predicted molar refractivity (Wildman–Crippen MR) is 99.9 cm³/mol. The Morgan fingerprint density at radius 1 is 1.07 bits per heavy atom. The van der Waals surface area contributed by atoms with E-state index in [0.29, 0.717) is 10.8 Å². The zero-order valence-electron chi connectivity index (χ0n) is 14.6. The number of hydrogen-bond donors (Lipinski definition) is 2. The van der Waals surface area contributed by atoms with Crippen LogP contribution in [0.5, 0.6) is 5.75 Å². The third kappa shape index (κ3) is 5.19. The van der Waals surface area contributed by atoms with Crippen molar-refractivity contribution in [3.63, 3.8) is 0 Å². The number of sulfonamides is 1. The highest BCUT2D eigenvalue weighted by atomic mass is 35.5. The van der Waals surface area contributed by atoms with Crippen LogP contribution >= 0.6 is 11.6 Å². The molecule has 2 aromatic carbocycles. The number of carbonyl (C=O) groups is 2. The lowest BCUT2D eigenvalue weighted by Crippen LogP contribution is -2.46. The van der Waals surface area contributed by atoms with Gasteiger partial charge >= 0.3 is 0 Å². The van der Waals surface area contributed by atoms with Crippen LogP contribution < -0.4 is 15.6 Å². The second-order valence-electron chi connectivity index (χ2n) is 5.42. The highest BCUT2D eigenvalue weighted by molar-refractivity contribution is 7.89. The maximum atomic E-state index is 12.4. The Bertz CT molecular complexity index is 932. The summed E-state index contributed by atoms with van der Waals surface area (Å²) in [5.74, 6) is -0.964. The van der Waals surface area contributed by atoms with Gasteiger partial charge in [0.25, 0.3) is 11.8 Å². The molecule has 0 aromatic heterocycles. The van der Waals surface area contributed by atoms with Crippen molar-refractivity contribution in [1.82, 2.24) is 15.2 Å². The van der Waals surface area contributed by atoms with Gasteiger partial charge in [-0.05, 0) is 36.4 Å². The largest absolute Gasteiger partial charge is 0.496 e. The van der Waals surface area contributed by atoms with Crippen LogP contribution in [0.2, 0.25) is 5.02 Å². The highest BCUT2D eigenvalue weighted by Crippen LogP contribution is 2.18. The van der Waals surface area contributed by atoms with E-state index in [9.17, 15) is 18.0 Å². The van der Waals surface area contributed by atoms with Crippen LogP contribution in [0.1, 0.15) is 10.4 Å². The smallest absolute Gasteiger partial charge is 0.273 e. The van der Waals surface area contributed by atoms with Crippen molar-refractivity contribution in [3.05, 3.63) is 59.1 Å². The summed E-state index contributed by atoms with van der Waals surface area (Å²) in [4.78, 5) is 24.1. The molecule has 144 valence electrons. The Hall–Kier alpha value is -2.62. The van der Waals surface area contributed by atoms with Crippen molar-refractivity contribution in [3.8, 4) is 5.75 Å². The number of hydrogen-bond acceptors (Lipinski definition) is 5. The van der Waals surface area contributed by atoms with E-state index in [2.05, 4.69) is 10.9 Å². The summed E-state index contributed by atoms with van der Waals surface area (Å²) in [5.41, 5.74) is 4.62. The first-order valence-corrected chi connectivity index (χ1v) is 9.51. The molecular weight excluding hydrogens is 394 g/mol. The number of benzene rings is 2. The molecule has 2 rings (SSSR count). The molecule has 0 fully saturated rings. The number of rotatable bonds is 6. The average Bonchev–Trinajstić information content (AvgIpc) is 2.66. The number of nitrogens with zero attached hydrogens (tertiary/aromatic N) is 1. The third-order valence-electron chi connectivity index (χ3n) is 3.56. The van der Waals surface area contributed by atoms with E-state index in [4.69, 9.17) is 16.3 Å². The molecule has 0 saturated heterocycles. The summed E-state index contributed by atoms with van der Waals surface area (Å²) in [5, 5.41) is 0.397. The number of amides is 2. The minimum absolute atomic E-state index is 0.000238. The van der Waals surface area contributed by atoms with Crippen LogP contribution in [0, 0.1) is 0 Å². The standard InChI is InChI=1S/C17H18ClN3O5S/c1-21(27(24,25)13-9-7-12(18)8-10-13)11-16(22)19-20-17(23)14-5-3-4-6-15(14)26-2/h3-10H,11H2,1-2H3,(H,19,22)(H,20,23). The Morgan fingerprint density at radius 2 is 1.70 bits per heavy atom. The zero-order chi connectivity index (χ0) is 20.0. The lowest BCUT2D eigenvalue weighted by Gasteiger charge is -2.17. The molecule has 0 heterocycles. The highest BCUT2D eigenvalue weighted by Gasteiger charge is 2.23. The first kappa shape index (κ1) is 20.7. The van der Waals surface area contributed by atoms with Gasteiger partial charge in [0, 0.05) is 12.1 Å². The fourth-order valence-electron chi connectivity index (χ4n) is 2.14. The Morgan fingerprint density at radius 3 is 2.33 bits per heavy atom. The molecule has 2 N–H and O–H groups in total. The minimum Gasteiger partial charge on any atom is -0.496 e. The number of nitrogens with one attached hydrogen (secondary N) is 2. The molecule has 0 aliphatic rings. The molecule has 0 aliphatic carbocycles. The summed E-state index contributed by atoms with van der Waals surface area (Å²) in [6, 6.07) is 12.0. The van der Waals surface area contributed by atoms with Crippen molar-refractivity contribution in [2.75, 3.05) is 20.7 Å². The fourth-order valence-corrected chi connectivity index (χ4v) is 3.39. The summed E-state index contributed by atoms with van der Waals surface area (Å²) >= 11 is 5.75. The molecule has 0 radical (unpaired) electrons. The minimum atomic E-state index is -3.87. The van der Waals surface area contributed by atoms with Crippen molar-refractivity contribution >= 4 is 33.4 Å². The maximum Gasteiger partial charge on any atom is 0.273 e. The second-order valence-corrected chi connectivity index (χ2v) is 7.90. The number of likely N-dealkylation sites (N-methyl/N-ethyl adjacent to an activating group) is 1. The molecular formula is C17H18ClN3O5S. The predicted octanol–water partition coefficient (Wildman–Crippen LogP) is 1.43. The normalized spacial score (nSPS) is 11.1. The summed E-state index contributed by atoms with van der Waals surface area (Å²) in [6.07, 6.45) is 0. The molecule has 0 spiro atoms. The van der Waals surface area contributed by atoms with E-state index in [-0.39, 0.29) is 10.5 Å². The molecule has 27 heavy (non-hydrogen) atoms. The van der Waals surface area contributed by atoms with E-state index in [1.807, 2.05) is 0 Å². The van der Waals surface area contributed by atoms with Crippen LogP contribution in [0.4, 0.5) is 0 Å². The van der Waals surface area contributed by atoms with Gasteiger partial charge in [-0.1, -0.05) is 23.7 Å². The number of methoxy groups -OCH3 is 1. The van der Waals surface area contributed by atoms with Gasteiger partial charge in [0.15, 0.2) is 0 Å². The van der Waals surface area contributed by atoms with Gasteiger partial charge in [-0.3, -0.25) is 20.4 Å². The lowest BCUT2D eigenvalue weighted by atomic mass is 10.2. The van der Waals surface area contributed by atoms with Crippen LogP contribution in [0.15, 0.2) is 53.4 Å². The van der Waals surface area contributed by atoms with E-state index in [1.165, 1.54) is 44.5 Å². The van der Waals surface area contributed by atoms with Gasteiger partial charge in [-0.2, -0.15) is 4.31 Å². The lowest BCUT2D eigenvalue weighted by molar-refractivity contribution is -0.121. The number of halogens is 1. The van der Waals surface area contributed by atoms with Crippen molar-refractivity contribution < 1.29 is 22.7 Å². The quantitative estimate of drug-likeness (QED) is 0.699. The van der Waals surface area contributed by atoms with Gasteiger partial charge in [0.05, 0.1) is 24.1 Å². The molecule has 0 aliphatic heterocycles. The Labute approximate surface area is 162 Å². The van der Waals surface area contributed by atoms with Crippen molar-refractivity contribution in [2.45, 2.75) is 4.90 Å². The topological polar surface area (TPSA) is 105 Å². The molecule has 0 atom stereocenters. The average molecular weight is 412 g/mol. The Balaban J connectivity index is 1.96. The van der Waals surface area contributed by atoms with Crippen molar-refractivity contribution in [2.24, 2.45) is 0 Å². The van der Waals surface area contributed by atoms with Crippen LogP contribution in [0.3, 0.4) is 0 Å². The molecule has 10 heteroatoms. The molecule has 2 aromatic rings. The number of carbonyl (C=O) groups excluding carboxylic acids is 2. The zero-order valence-corrected chi connectivity index (χ0v) is 16.2. The maximum absolute atomic E-state index is 12.4. The molecule has 0 unspecified atom stereocenters. The van der Waals surface area contributed by atoms with Gasteiger partial charge in [-0.15, -0.1) is 0 Å². The van der Waals surface area contributed by atoms with E-state index in [0.717, 1.165) is 4.31 Å². The fraction of sp³-hybridized carbons (Fsp3) is 0.176. The van der Waals surface area contributed by atoms with Crippen molar-refractivity contribution in [1.29, 1.82) is 0 Å². The van der Waals surface area contributed by atoms with E-state index < -0.39 is 28.4 Å². The number of hydrazine groups is 1. The molecule has 0 bridgehead atoms. The van der Waals surface area contributed by atoms with Gasteiger partial charge in [0.1, 0.15) is 5.75 Å². The van der Waals surface area contributed by atoms with Crippen LogP contribution in [-0.4, -0.2) is 45.2 Å². The summed E-state index contributed by atoms with van der Waals surface area (Å²) in [6.45, 7) is -0.489. The first-order chi connectivity index (χ1) is 12.8. The van der Waals surface area contributed by atoms with E-state index in [1.54, 1.807) is 18.2 Å². The van der Waals surface area contributed by atoms with Gasteiger partial charge in [-0.25, -0.2) is 8.42 Å². The SMILES string of the molecule is COc1ccccc1C(=O)NNC(=O)CN(C)S(=O)(=O)c1ccc(Cl)cc1. The second kappa shape index (κ2) is 8.85. The summed E-state index contributed by atoms with van der Waals surface area (Å²) < 4.78 is 30.8. The van der Waals surface area contributed by atoms with Crippen LogP contribution in [-0.2, 0) is 14.8 Å².